The summed E-state index contributed by atoms with van der Waals surface area (Å²) >= 11 is 0. The monoisotopic (exact) mass is 245 g/mol. The van der Waals surface area contributed by atoms with E-state index < -0.39 is 43.0 Å². The van der Waals surface area contributed by atoms with Gasteiger partial charge in [-0.25, -0.2) is 0 Å². The second-order valence-electron chi connectivity index (χ2n) is 4.51. The van der Waals surface area contributed by atoms with E-state index >= 15 is 0 Å². The molecule has 2 rings (SSSR count). The quantitative estimate of drug-likeness (QED) is 0.409. The lowest BCUT2D eigenvalue weighted by Gasteiger charge is -2.25. The Morgan fingerprint density at radius 3 is 2.71 bits per heavy atom. The van der Waals surface area contributed by atoms with E-state index in [0.29, 0.717) is 0 Å². The van der Waals surface area contributed by atoms with Gasteiger partial charge < -0.3 is 24.4 Å². The number of ether oxygens (including phenoxy) is 3. The van der Waals surface area contributed by atoms with Gasteiger partial charge in [0.25, 0.3) is 0 Å². The Kier molecular flexibility index (Phi) is 3.26. The van der Waals surface area contributed by atoms with Crippen LogP contribution in [0.1, 0.15) is 13.8 Å². The number of hydrogen-bond donors (Lipinski definition) is 2. The fourth-order valence-corrected chi connectivity index (χ4v) is 2.11. The van der Waals surface area contributed by atoms with Crippen molar-refractivity contribution in [1.29, 1.82) is 0 Å². The summed E-state index contributed by atoms with van der Waals surface area (Å²) in [5.41, 5.74) is 8.35. The summed E-state index contributed by atoms with van der Waals surface area (Å²) in [5, 5.41) is 22.4. The molecule has 96 valence electrons. The molecule has 2 aliphatic heterocycles. The van der Waals surface area contributed by atoms with Crippen LogP contribution in [0.2, 0.25) is 0 Å². The van der Waals surface area contributed by atoms with Gasteiger partial charge in [0, 0.05) is 4.91 Å². The first-order valence-electron chi connectivity index (χ1n) is 5.33. The molecule has 2 N–H and O–H groups in total. The van der Waals surface area contributed by atoms with Gasteiger partial charge in [0.1, 0.15) is 18.3 Å². The van der Waals surface area contributed by atoms with Crippen molar-refractivity contribution < 1.29 is 24.4 Å². The number of rotatable bonds is 3. The van der Waals surface area contributed by atoms with Crippen LogP contribution in [-0.4, -0.2) is 53.3 Å². The van der Waals surface area contributed by atoms with Crippen LogP contribution in [0.5, 0.6) is 0 Å². The van der Waals surface area contributed by atoms with E-state index in [0.717, 1.165) is 0 Å². The third kappa shape index (κ3) is 2.23. The molecule has 2 heterocycles. The maximum Gasteiger partial charge on any atom is 0.190 e. The fraction of sp³-hybridized carbons (Fsp3) is 1.00. The first kappa shape index (κ1) is 12.6. The van der Waals surface area contributed by atoms with Crippen LogP contribution in [-0.2, 0) is 14.2 Å². The van der Waals surface area contributed by atoms with Crippen LogP contribution in [0.4, 0.5) is 0 Å². The highest BCUT2D eigenvalue weighted by atomic mass is 16.8. The molecule has 17 heavy (non-hydrogen) atoms. The lowest BCUT2D eigenvalue weighted by molar-refractivity contribution is -0.217. The van der Waals surface area contributed by atoms with Gasteiger partial charge in [0.15, 0.2) is 12.1 Å². The molecule has 5 atom stereocenters. The molecule has 0 unspecified atom stereocenters. The molecule has 2 fully saturated rings. The third-order valence-corrected chi connectivity index (χ3v) is 2.82. The predicted molar refractivity (Wildman–Crippen MR) is 54.7 cm³/mol. The van der Waals surface area contributed by atoms with Crippen LogP contribution >= 0.6 is 0 Å². The maximum atomic E-state index is 10.00. The van der Waals surface area contributed by atoms with Crippen LogP contribution in [0, 0.1) is 0 Å². The number of fused-ring (bicyclic) bond motifs is 1. The van der Waals surface area contributed by atoms with Gasteiger partial charge in [-0.2, -0.15) is 0 Å². The molecular weight excluding hydrogens is 230 g/mol. The fourth-order valence-electron chi connectivity index (χ4n) is 2.11. The summed E-state index contributed by atoms with van der Waals surface area (Å²) in [6.07, 6.45) is -3.14. The van der Waals surface area contributed by atoms with E-state index in [2.05, 4.69) is 10.0 Å². The van der Waals surface area contributed by atoms with E-state index in [9.17, 15) is 5.11 Å². The van der Waals surface area contributed by atoms with Crippen molar-refractivity contribution in [1.82, 2.24) is 0 Å². The summed E-state index contributed by atoms with van der Waals surface area (Å²) in [7, 11) is 0. The normalized spacial score (nSPS) is 40.7. The molecule has 0 radical (unpaired) electrons. The van der Waals surface area contributed by atoms with Crippen LogP contribution in [0.15, 0.2) is 5.11 Å². The van der Waals surface area contributed by atoms with Crippen molar-refractivity contribution in [2.24, 2.45) is 5.11 Å². The minimum absolute atomic E-state index is 0.408. The van der Waals surface area contributed by atoms with Gasteiger partial charge in [0.2, 0.25) is 0 Å². The van der Waals surface area contributed by atoms with E-state index in [1.54, 1.807) is 13.8 Å². The minimum atomic E-state index is -0.996. The largest absolute Gasteiger partial charge is 0.396 e. The Labute approximate surface area is 97.7 Å². The lowest BCUT2D eigenvalue weighted by Crippen LogP contribution is -2.41. The Hall–Kier alpha value is -0.890. The standard InChI is InChI=1S/C9H15N3O5/c1-9(2)16-7-5(14)6(15-8(7)17-9)4(3-13)11-12-10/h4-8,13-14H,3H2,1-2H3/t4-,5+,6-,7-,8-/m1/s1. The molecule has 0 spiro atoms. The molecule has 0 aromatic rings. The van der Waals surface area contributed by atoms with Crippen molar-refractivity contribution in [2.75, 3.05) is 6.61 Å². The molecule has 0 saturated carbocycles. The zero-order chi connectivity index (χ0) is 12.6. The van der Waals surface area contributed by atoms with Gasteiger partial charge in [-0.3, -0.25) is 0 Å². The molecule has 2 saturated heterocycles. The average Bonchev–Trinajstić information content (AvgIpc) is 2.70. The van der Waals surface area contributed by atoms with Crippen LogP contribution in [0.25, 0.3) is 10.4 Å². The molecular formula is C9H15N3O5. The van der Waals surface area contributed by atoms with E-state index in [4.69, 9.17) is 24.8 Å². The molecule has 0 bridgehead atoms. The SMILES string of the molecule is CC1(C)O[C@H]2O[C@H]([C@@H](CO)N=[N+]=[N-])[C@H](O)[C@H]2O1. The van der Waals surface area contributed by atoms with Gasteiger partial charge in [-0.05, 0) is 19.4 Å². The zero-order valence-corrected chi connectivity index (χ0v) is 9.55. The predicted octanol–water partition coefficient (Wildman–Crippen LogP) is -0.105. The lowest BCUT2D eigenvalue weighted by atomic mass is 10.1. The minimum Gasteiger partial charge on any atom is -0.396 e. The molecule has 0 aromatic heterocycles. The number of azide groups is 1. The first-order chi connectivity index (χ1) is 7.98. The first-order valence-corrected chi connectivity index (χ1v) is 5.33. The van der Waals surface area contributed by atoms with Crippen molar-refractivity contribution in [3.05, 3.63) is 10.4 Å². The molecule has 8 nitrogen and oxygen atoms in total. The Morgan fingerprint density at radius 2 is 2.18 bits per heavy atom. The van der Waals surface area contributed by atoms with E-state index in [1.165, 1.54) is 0 Å². The van der Waals surface area contributed by atoms with Crippen molar-refractivity contribution in [3.8, 4) is 0 Å². The van der Waals surface area contributed by atoms with Crippen molar-refractivity contribution >= 4 is 0 Å². The Bertz CT molecular complexity index is 344. The highest BCUT2D eigenvalue weighted by molar-refractivity contribution is 4.97. The van der Waals surface area contributed by atoms with Crippen molar-refractivity contribution in [2.45, 2.75) is 50.3 Å². The number of aliphatic hydroxyl groups is 2. The van der Waals surface area contributed by atoms with Crippen LogP contribution in [0.3, 0.4) is 0 Å². The number of hydrogen-bond acceptors (Lipinski definition) is 6. The summed E-state index contributed by atoms with van der Waals surface area (Å²) in [5.74, 6) is -0.811. The second kappa shape index (κ2) is 4.41. The summed E-state index contributed by atoms with van der Waals surface area (Å²) in [6.45, 7) is 3.02. The van der Waals surface area contributed by atoms with Gasteiger partial charge in [0.05, 0.1) is 12.6 Å². The summed E-state index contributed by atoms with van der Waals surface area (Å²) in [4.78, 5) is 2.60. The van der Waals surface area contributed by atoms with Crippen LogP contribution < -0.4 is 0 Å². The molecule has 2 aliphatic rings. The molecule has 8 heteroatoms. The molecule has 0 amide bonds. The van der Waals surface area contributed by atoms with Gasteiger partial charge >= 0.3 is 0 Å². The van der Waals surface area contributed by atoms with E-state index in [-0.39, 0.29) is 0 Å². The maximum absolute atomic E-state index is 10.00. The Balaban J connectivity index is 2.09. The Morgan fingerprint density at radius 1 is 1.47 bits per heavy atom. The summed E-state index contributed by atoms with van der Waals surface area (Å²) < 4.78 is 16.3. The van der Waals surface area contributed by atoms with E-state index in [1.807, 2.05) is 0 Å². The zero-order valence-electron chi connectivity index (χ0n) is 9.55. The highest BCUT2D eigenvalue weighted by Gasteiger charge is 2.55. The molecule has 0 aliphatic carbocycles. The topological polar surface area (TPSA) is 117 Å². The van der Waals surface area contributed by atoms with Crippen molar-refractivity contribution in [3.63, 3.8) is 0 Å². The van der Waals surface area contributed by atoms with Gasteiger partial charge in [-0.1, -0.05) is 5.11 Å². The number of nitrogens with zero attached hydrogens (tertiary/aromatic N) is 3. The molecule has 0 aromatic carbocycles. The second-order valence-corrected chi connectivity index (χ2v) is 4.51. The van der Waals surface area contributed by atoms with Gasteiger partial charge in [-0.15, -0.1) is 0 Å². The smallest absolute Gasteiger partial charge is 0.190 e. The third-order valence-electron chi connectivity index (χ3n) is 2.82. The summed E-state index contributed by atoms with van der Waals surface area (Å²) in [6, 6.07) is -0.851. The highest BCUT2D eigenvalue weighted by Crippen LogP contribution is 2.38. The number of aliphatic hydroxyl groups excluding tert-OH is 2. The average molecular weight is 245 g/mol.